The summed E-state index contributed by atoms with van der Waals surface area (Å²) in [4.78, 5) is 24.1. The summed E-state index contributed by atoms with van der Waals surface area (Å²) in [6.07, 6.45) is 8.75. The van der Waals surface area contributed by atoms with Gasteiger partial charge in [0.2, 0.25) is 5.79 Å². The molecule has 1 saturated carbocycles. The third kappa shape index (κ3) is 9.96. The molecule has 11 nitrogen and oxygen atoms in total. The Labute approximate surface area is 333 Å². The van der Waals surface area contributed by atoms with Crippen LogP contribution in [0.3, 0.4) is 0 Å². The van der Waals surface area contributed by atoms with Gasteiger partial charge in [-0.05, 0) is 72.3 Å². The topological polar surface area (TPSA) is 122 Å². The van der Waals surface area contributed by atoms with Gasteiger partial charge >= 0.3 is 6.09 Å². The van der Waals surface area contributed by atoms with E-state index in [1.807, 2.05) is 63.2 Å². The van der Waals surface area contributed by atoms with Crippen LogP contribution in [0.15, 0.2) is 78.0 Å². The lowest BCUT2D eigenvalue weighted by Crippen LogP contribution is -2.69. The van der Waals surface area contributed by atoms with Gasteiger partial charge in [0.05, 0.1) is 24.8 Å². The molecular formula is C45H63N3O8. The van der Waals surface area contributed by atoms with E-state index >= 15 is 0 Å². The minimum absolute atomic E-state index is 0.122. The Morgan fingerprint density at radius 3 is 2.52 bits per heavy atom. The Morgan fingerprint density at radius 2 is 1.82 bits per heavy atom. The summed E-state index contributed by atoms with van der Waals surface area (Å²) in [5.74, 6) is -0.121. The van der Waals surface area contributed by atoms with Crippen LogP contribution in [-0.4, -0.2) is 103 Å². The number of unbranched alkanes of at least 4 members (excludes halogenated alkanes) is 2. The molecule has 6 rings (SSSR count). The van der Waals surface area contributed by atoms with Gasteiger partial charge in [0.25, 0.3) is 0 Å². The number of aliphatic hydroxyl groups is 2. The Bertz CT molecular complexity index is 1670. The maximum Gasteiger partial charge on any atom is 0.410 e. The maximum atomic E-state index is 14.0. The molecule has 2 aromatic carbocycles. The van der Waals surface area contributed by atoms with E-state index in [1.54, 1.807) is 18.0 Å². The highest BCUT2D eigenvalue weighted by Gasteiger charge is 2.65. The number of oxime groups is 1. The van der Waals surface area contributed by atoms with Crippen molar-refractivity contribution >= 4 is 11.8 Å². The zero-order valence-corrected chi connectivity index (χ0v) is 33.9. The lowest BCUT2D eigenvalue weighted by atomic mass is 9.55. The van der Waals surface area contributed by atoms with Gasteiger partial charge in [-0.2, -0.15) is 0 Å². The van der Waals surface area contributed by atoms with Crippen LogP contribution in [0, 0.1) is 23.2 Å². The number of rotatable bonds is 20. The first-order valence-electron chi connectivity index (χ1n) is 20.6. The number of ether oxygens (including phenoxy) is 4. The monoisotopic (exact) mass is 773 g/mol. The van der Waals surface area contributed by atoms with Crippen molar-refractivity contribution in [1.29, 1.82) is 0 Å². The number of aliphatic hydroxyl groups excluding tert-OH is 2. The molecule has 1 amide bonds. The lowest BCUT2D eigenvalue weighted by Gasteiger charge is -2.59. The highest BCUT2D eigenvalue weighted by molar-refractivity contribution is 6.02. The first-order valence-corrected chi connectivity index (χ1v) is 20.6. The normalized spacial score (nSPS) is 26.0. The van der Waals surface area contributed by atoms with Crippen molar-refractivity contribution in [2.24, 2.45) is 28.3 Å². The van der Waals surface area contributed by atoms with Crippen molar-refractivity contribution in [1.82, 2.24) is 9.80 Å². The van der Waals surface area contributed by atoms with E-state index < -0.39 is 23.8 Å². The molecule has 0 bridgehead atoms. The summed E-state index contributed by atoms with van der Waals surface area (Å²) in [5.41, 5.74) is 3.54. The minimum Gasteiger partial charge on any atom is -0.492 e. The fourth-order valence-electron chi connectivity index (χ4n) is 8.67. The molecule has 2 heterocycles. The number of amides is 1. The Balaban J connectivity index is 1.51. The summed E-state index contributed by atoms with van der Waals surface area (Å²) in [6, 6.07) is 15.4. The number of fused-ring (bicyclic) bond motifs is 2. The summed E-state index contributed by atoms with van der Waals surface area (Å²) >= 11 is 0. The van der Waals surface area contributed by atoms with Crippen LogP contribution in [-0.2, 0) is 20.9 Å². The van der Waals surface area contributed by atoms with E-state index in [4.69, 9.17) is 28.9 Å². The zero-order valence-electron chi connectivity index (χ0n) is 33.9. The molecule has 0 aromatic heterocycles. The van der Waals surface area contributed by atoms with E-state index in [-0.39, 0.29) is 49.6 Å². The van der Waals surface area contributed by atoms with Crippen molar-refractivity contribution in [2.45, 2.75) is 90.1 Å². The van der Waals surface area contributed by atoms with Crippen LogP contribution in [0.25, 0.3) is 0 Å². The third-order valence-electron chi connectivity index (χ3n) is 11.5. The van der Waals surface area contributed by atoms with Crippen LogP contribution in [0.5, 0.6) is 11.5 Å². The average Bonchev–Trinajstić information content (AvgIpc) is 4.02. The number of benzene rings is 2. The van der Waals surface area contributed by atoms with Gasteiger partial charge in [-0.25, -0.2) is 4.79 Å². The quantitative estimate of drug-likeness (QED) is 0.0617. The van der Waals surface area contributed by atoms with Gasteiger partial charge in [0.1, 0.15) is 30.8 Å². The first-order chi connectivity index (χ1) is 27.1. The van der Waals surface area contributed by atoms with Crippen molar-refractivity contribution < 1.29 is 38.8 Å². The number of hydrogen-bond acceptors (Lipinski definition) is 10. The molecule has 0 radical (unpaired) electrons. The highest BCUT2D eigenvalue weighted by atomic mass is 16.7. The second-order valence-electron chi connectivity index (χ2n) is 16.9. The highest BCUT2D eigenvalue weighted by Crippen LogP contribution is 2.61. The number of allylic oxidation sites excluding steroid dienone is 1. The van der Waals surface area contributed by atoms with Crippen LogP contribution >= 0.6 is 0 Å². The molecule has 4 aliphatic rings. The number of hydrogen-bond donors (Lipinski definition) is 2. The summed E-state index contributed by atoms with van der Waals surface area (Å²) in [5, 5.41) is 24.6. The maximum absolute atomic E-state index is 14.0. The lowest BCUT2D eigenvalue weighted by molar-refractivity contribution is -0.253. The van der Waals surface area contributed by atoms with Gasteiger partial charge in [-0.1, -0.05) is 81.3 Å². The summed E-state index contributed by atoms with van der Waals surface area (Å²) in [7, 11) is 1.76. The van der Waals surface area contributed by atoms with Crippen molar-refractivity contribution in [3.63, 3.8) is 0 Å². The van der Waals surface area contributed by atoms with E-state index in [2.05, 4.69) is 23.6 Å². The fourth-order valence-corrected chi connectivity index (χ4v) is 8.67. The van der Waals surface area contributed by atoms with E-state index in [1.165, 1.54) is 0 Å². The zero-order chi connectivity index (χ0) is 39.7. The minimum atomic E-state index is -1.33. The predicted octanol–water partition coefficient (Wildman–Crippen LogP) is 7.33. The van der Waals surface area contributed by atoms with E-state index in [0.29, 0.717) is 38.2 Å². The van der Waals surface area contributed by atoms with Crippen LogP contribution in [0.1, 0.15) is 82.8 Å². The molecule has 2 aromatic rings. The van der Waals surface area contributed by atoms with Crippen LogP contribution in [0.2, 0.25) is 0 Å². The second-order valence-corrected chi connectivity index (χ2v) is 16.9. The fraction of sp³-hybridized carbons (Fsp3) is 0.600. The van der Waals surface area contributed by atoms with Gasteiger partial charge in [-0.3, -0.25) is 4.90 Å². The van der Waals surface area contributed by atoms with Gasteiger partial charge in [0, 0.05) is 57.8 Å². The summed E-state index contributed by atoms with van der Waals surface area (Å²) in [6.45, 7) is 14.8. The molecule has 2 fully saturated rings. The van der Waals surface area contributed by atoms with E-state index in [9.17, 15) is 15.0 Å². The standard InChI is InChI=1S/C45H63N3O8/c1-6-25-54-45-40(47(5)43(51)53-31-44(2,3)4)29-38(46-55-30-32-14-8-7-9-15-32)36-27-33(16-10-12-23-49)35(17-11-13-24-50)41(42(36)45)37-28-34(18-19-39(37)56-45)52-26-22-48-20-21-48/h6-9,14-15,18-19,27-28,33,35,40-42,49-50H,1,10-13,16-17,20-26,29-31H2,2-5H3. The second kappa shape index (κ2) is 19.0. The Morgan fingerprint density at radius 1 is 1.07 bits per heavy atom. The van der Waals surface area contributed by atoms with E-state index in [0.717, 1.165) is 73.5 Å². The molecule has 0 spiro atoms. The molecule has 306 valence electrons. The molecular weight excluding hydrogens is 711 g/mol. The Hall–Kier alpha value is -3.90. The molecule has 11 heteroatoms. The molecule has 2 aliphatic heterocycles. The molecule has 56 heavy (non-hydrogen) atoms. The van der Waals surface area contributed by atoms with Gasteiger partial charge < -0.3 is 38.9 Å². The smallest absolute Gasteiger partial charge is 0.410 e. The van der Waals surface area contributed by atoms with Gasteiger partial charge in [-0.15, -0.1) is 6.58 Å². The Kier molecular flexibility index (Phi) is 14.2. The van der Waals surface area contributed by atoms with Crippen LogP contribution < -0.4 is 9.47 Å². The SMILES string of the molecule is C=CCOC12Oc3ccc(OCCN4CC4)cc3C3C(CCCCO)C(CCCCO)C=C(C(=NOCc4ccccc4)CC1N(C)C(=O)OCC(C)(C)C)C32. The molecule has 6 unspecified atom stereocenters. The summed E-state index contributed by atoms with van der Waals surface area (Å²) < 4.78 is 26.5. The number of carbonyl (C=O) groups excluding carboxylic acids is 1. The first kappa shape index (κ1) is 41.7. The number of likely N-dealkylation sites (N-methyl/N-ethyl adjacent to an activating group) is 1. The largest absolute Gasteiger partial charge is 0.492 e. The molecule has 1 saturated heterocycles. The average molecular weight is 774 g/mol. The van der Waals surface area contributed by atoms with Gasteiger partial charge in [0.15, 0.2) is 0 Å². The molecule has 6 atom stereocenters. The number of carbonyl (C=O) groups is 1. The molecule has 2 aliphatic carbocycles. The third-order valence-corrected chi connectivity index (χ3v) is 11.5. The van der Waals surface area contributed by atoms with Crippen LogP contribution in [0.4, 0.5) is 4.79 Å². The van der Waals surface area contributed by atoms with Crippen molar-refractivity contribution in [2.75, 3.05) is 59.7 Å². The molecule has 2 N–H and O–H groups in total. The predicted molar refractivity (Wildman–Crippen MR) is 217 cm³/mol. The number of nitrogens with zero attached hydrogens (tertiary/aromatic N) is 3. The van der Waals surface area contributed by atoms with Crippen molar-refractivity contribution in [3.8, 4) is 11.5 Å². The van der Waals surface area contributed by atoms with Crippen molar-refractivity contribution in [3.05, 3.63) is 84.0 Å².